The average Bonchev–Trinajstić information content (AvgIpc) is 2.90. The van der Waals surface area contributed by atoms with Crippen molar-refractivity contribution in [2.75, 3.05) is 12.3 Å². The summed E-state index contributed by atoms with van der Waals surface area (Å²) in [6, 6.07) is 0. The largest absolute Gasteiger partial charge is 0.790 e. The number of nitrogens with zero attached hydrogens (tertiary/aromatic N) is 2. The highest BCUT2D eigenvalue weighted by molar-refractivity contribution is 7.65. The molecule has 2 rings (SSSR count). The van der Waals surface area contributed by atoms with Crippen LogP contribution in [0.4, 0.5) is 5.82 Å². The fraction of sp³-hybridized carbons (Fsp3) is 0.600. The second-order valence-corrected chi connectivity index (χ2v) is 10.0. The number of nitrogens with two attached hydrogens (primary N) is 1. The van der Waals surface area contributed by atoms with Gasteiger partial charge in [-0.1, -0.05) is 0 Å². The van der Waals surface area contributed by atoms with Crippen LogP contribution in [0.5, 0.6) is 0 Å². The van der Waals surface area contributed by atoms with E-state index >= 15 is 0 Å². The Balaban J connectivity index is 2.04. The van der Waals surface area contributed by atoms with E-state index in [0.29, 0.717) is 0 Å². The van der Waals surface area contributed by atoms with Gasteiger partial charge in [0.25, 0.3) is 7.82 Å². The molecule has 0 bridgehead atoms. The zero-order valence-electron chi connectivity index (χ0n) is 14.6. The van der Waals surface area contributed by atoms with E-state index in [1.54, 1.807) is 0 Å². The first-order chi connectivity index (χ1) is 13.6. The SMILES string of the molecule is Nc1nc(=O)n(C2CC(O)C(COP(=O)(O)OP(=O)([O-])OP(=O)([O-])[O-])O2)cc1CO. The van der Waals surface area contributed by atoms with Gasteiger partial charge in [0.15, 0.2) is 0 Å². The zero-order chi connectivity index (χ0) is 22.9. The molecule has 17 nitrogen and oxygen atoms in total. The normalized spacial score (nSPS) is 26.3. The number of phosphoric acid groups is 3. The number of nitrogen functional groups attached to an aromatic ring is 1. The average molecular weight is 494 g/mol. The van der Waals surface area contributed by atoms with E-state index < -0.39 is 60.8 Å². The van der Waals surface area contributed by atoms with Crippen LogP contribution in [0.25, 0.3) is 0 Å². The van der Waals surface area contributed by atoms with Gasteiger partial charge in [-0.15, -0.1) is 0 Å². The van der Waals surface area contributed by atoms with Crippen LogP contribution in [0, 0.1) is 0 Å². The lowest BCUT2D eigenvalue weighted by molar-refractivity contribution is -0.339. The minimum absolute atomic E-state index is 0.0842. The highest BCUT2D eigenvalue weighted by atomic mass is 31.3. The monoisotopic (exact) mass is 494 g/mol. The Morgan fingerprint density at radius 3 is 2.50 bits per heavy atom. The molecule has 30 heavy (non-hydrogen) atoms. The third kappa shape index (κ3) is 7.00. The van der Waals surface area contributed by atoms with E-state index in [2.05, 4.69) is 18.1 Å². The Kier molecular flexibility index (Phi) is 7.76. The molecule has 1 fully saturated rings. The van der Waals surface area contributed by atoms with Gasteiger partial charge >= 0.3 is 13.5 Å². The summed E-state index contributed by atoms with van der Waals surface area (Å²) in [5.74, 6) is -0.222. The number of rotatable bonds is 9. The number of aliphatic hydroxyl groups excluding tert-OH is 2. The van der Waals surface area contributed by atoms with Gasteiger partial charge in [-0.05, 0) is 0 Å². The molecule has 5 N–H and O–H groups in total. The number of ether oxygens (including phenoxy) is 1. The first-order valence-corrected chi connectivity index (χ1v) is 12.1. The first kappa shape index (κ1) is 25.2. The van der Waals surface area contributed by atoms with Gasteiger partial charge in [0.1, 0.15) is 18.1 Å². The number of anilines is 1. The fourth-order valence-electron chi connectivity index (χ4n) is 2.34. The summed E-state index contributed by atoms with van der Waals surface area (Å²) >= 11 is 0. The minimum Gasteiger partial charge on any atom is -0.790 e. The number of hydrogen-bond donors (Lipinski definition) is 4. The summed E-state index contributed by atoms with van der Waals surface area (Å²) < 4.78 is 50.1. The Morgan fingerprint density at radius 2 is 1.93 bits per heavy atom. The van der Waals surface area contributed by atoms with E-state index in [4.69, 9.17) is 10.5 Å². The Morgan fingerprint density at radius 1 is 1.30 bits per heavy atom. The molecule has 1 aromatic heterocycles. The van der Waals surface area contributed by atoms with Crippen molar-refractivity contribution in [2.24, 2.45) is 0 Å². The van der Waals surface area contributed by atoms with Gasteiger partial charge < -0.3 is 44.8 Å². The number of phosphoric ester groups is 1. The molecule has 1 saturated heterocycles. The maximum absolute atomic E-state index is 11.9. The summed E-state index contributed by atoms with van der Waals surface area (Å²) in [6.07, 6.45) is -3.02. The van der Waals surface area contributed by atoms with Gasteiger partial charge in [-0.2, -0.15) is 4.98 Å². The van der Waals surface area contributed by atoms with Crippen molar-refractivity contribution in [3.05, 3.63) is 22.2 Å². The number of aliphatic hydroxyl groups is 2. The molecule has 1 aromatic rings. The lowest BCUT2D eigenvalue weighted by Crippen LogP contribution is -2.29. The van der Waals surface area contributed by atoms with Crippen LogP contribution in [-0.4, -0.2) is 43.5 Å². The van der Waals surface area contributed by atoms with Gasteiger partial charge in [-0.3, -0.25) is 18.0 Å². The molecule has 0 aromatic carbocycles. The van der Waals surface area contributed by atoms with Crippen LogP contribution in [0.1, 0.15) is 18.2 Å². The molecule has 0 amide bonds. The molecule has 1 aliphatic heterocycles. The Labute approximate surface area is 167 Å². The second kappa shape index (κ2) is 9.22. The molecule has 0 aliphatic carbocycles. The predicted octanol–water partition coefficient (Wildman–Crippen LogP) is -3.59. The third-order valence-corrected chi connectivity index (χ3v) is 7.25. The van der Waals surface area contributed by atoms with E-state index in [-0.39, 0.29) is 17.8 Å². The first-order valence-electron chi connectivity index (χ1n) is 7.67. The molecule has 172 valence electrons. The van der Waals surface area contributed by atoms with Crippen molar-refractivity contribution in [2.45, 2.75) is 31.5 Å². The van der Waals surface area contributed by atoms with Crippen LogP contribution in [0.15, 0.2) is 11.0 Å². The summed E-state index contributed by atoms with van der Waals surface area (Å²) in [7, 11) is -17.7. The van der Waals surface area contributed by atoms with Crippen molar-refractivity contribution >= 4 is 29.3 Å². The Hall–Kier alpha value is -1.03. The van der Waals surface area contributed by atoms with Crippen molar-refractivity contribution in [1.82, 2.24) is 9.55 Å². The molecular formula is C10H15N3O14P3-3. The molecule has 5 unspecified atom stereocenters. The van der Waals surface area contributed by atoms with Crippen LogP contribution in [0.3, 0.4) is 0 Å². The maximum Gasteiger partial charge on any atom is 0.478 e. The summed E-state index contributed by atoms with van der Waals surface area (Å²) in [6.45, 7) is -1.51. The standard InChI is InChI=1S/C10H18N3O14P3/c11-9-5(3-14)2-13(10(16)12-9)8-1-6(15)7(25-8)4-24-29(20,21)27-30(22,23)26-28(17,18)19/h2,6-8,14-15H,1,3-4H2,(H,20,21)(H,22,23)(H2,11,12,16)(H2,17,18,19)/p-3. The van der Waals surface area contributed by atoms with E-state index in [1.807, 2.05) is 0 Å². The molecule has 0 saturated carbocycles. The topological polar surface area (TPSA) is 279 Å². The third-order valence-electron chi connectivity index (χ3n) is 3.55. The molecular weight excluding hydrogens is 479 g/mol. The molecule has 0 spiro atoms. The fourth-order valence-corrected chi connectivity index (χ4v) is 5.24. The highest BCUT2D eigenvalue weighted by Gasteiger charge is 2.39. The van der Waals surface area contributed by atoms with Crippen molar-refractivity contribution in [1.29, 1.82) is 0 Å². The lowest BCUT2D eigenvalue weighted by Gasteiger charge is -2.35. The van der Waals surface area contributed by atoms with Gasteiger partial charge in [-0.25, -0.2) is 13.7 Å². The van der Waals surface area contributed by atoms with E-state index in [9.17, 15) is 48.3 Å². The van der Waals surface area contributed by atoms with E-state index in [1.165, 1.54) is 0 Å². The second-order valence-electron chi connectivity index (χ2n) is 5.75. The number of aromatic nitrogens is 2. The maximum atomic E-state index is 11.9. The molecule has 20 heteroatoms. The zero-order valence-corrected chi connectivity index (χ0v) is 17.3. The van der Waals surface area contributed by atoms with Crippen LogP contribution < -0.4 is 26.1 Å². The van der Waals surface area contributed by atoms with Crippen LogP contribution >= 0.6 is 23.5 Å². The van der Waals surface area contributed by atoms with Crippen molar-refractivity contribution < 1.29 is 61.4 Å². The van der Waals surface area contributed by atoms with Gasteiger partial charge in [0.2, 0.25) is 0 Å². The minimum atomic E-state index is -6.10. The van der Waals surface area contributed by atoms with Crippen molar-refractivity contribution in [3.8, 4) is 0 Å². The van der Waals surface area contributed by atoms with Crippen LogP contribution in [-0.2, 0) is 38.2 Å². The molecule has 2 heterocycles. The quantitative estimate of drug-likeness (QED) is 0.241. The summed E-state index contributed by atoms with van der Waals surface area (Å²) in [4.78, 5) is 56.4. The number of hydrogen-bond acceptors (Lipinski definition) is 15. The van der Waals surface area contributed by atoms with Crippen molar-refractivity contribution in [3.63, 3.8) is 0 Å². The Bertz CT molecular complexity index is 976. The van der Waals surface area contributed by atoms with Gasteiger partial charge in [0.05, 0.1) is 27.1 Å². The molecule has 1 aliphatic rings. The van der Waals surface area contributed by atoms with Gasteiger partial charge in [0, 0.05) is 18.2 Å². The predicted molar refractivity (Wildman–Crippen MR) is 86.5 cm³/mol. The molecule has 0 radical (unpaired) electrons. The lowest BCUT2D eigenvalue weighted by atomic mass is 10.2. The summed E-state index contributed by atoms with van der Waals surface area (Å²) in [5.41, 5.74) is 4.65. The van der Waals surface area contributed by atoms with Crippen LogP contribution in [0.2, 0.25) is 0 Å². The molecule has 5 atom stereocenters. The smallest absolute Gasteiger partial charge is 0.478 e. The highest BCUT2D eigenvalue weighted by Crippen LogP contribution is 2.62. The van der Waals surface area contributed by atoms with E-state index in [0.717, 1.165) is 10.8 Å². The summed E-state index contributed by atoms with van der Waals surface area (Å²) in [5, 5.41) is 19.2.